The molecule has 2 rings (SSSR count). The van der Waals surface area contributed by atoms with Crippen molar-refractivity contribution in [2.75, 3.05) is 24.3 Å². The van der Waals surface area contributed by atoms with Crippen LogP contribution in [0.5, 0.6) is 5.88 Å². The van der Waals surface area contributed by atoms with Crippen molar-refractivity contribution in [3.8, 4) is 5.88 Å². The molecular weight excluding hydrogens is 244 g/mol. The van der Waals surface area contributed by atoms with E-state index < -0.39 is 0 Å². The van der Waals surface area contributed by atoms with Gasteiger partial charge < -0.3 is 20.5 Å². The monoisotopic (exact) mass is 266 g/mol. The van der Waals surface area contributed by atoms with Crippen molar-refractivity contribution in [1.82, 2.24) is 9.97 Å². The molecule has 0 spiro atoms. The molecular formula is C13H22N4O2. The maximum Gasteiger partial charge on any atom is 0.242 e. The summed E-state index contributed by atoms with van der Waals surface area (Å²) in [5.74, 6) is 1.03. The maximum atomic E-state index is 6.05. The highest BCUT2D eigenvalue weighted by Crippen LogP contribution is 2.30. The molecule has 1 aliphatic heterocycles. The summed E-state index contributed by atoms with van der Waals surface area (Å²) in [6.07, 6.45) is 3.54. The molecule has 0 radical (unpaired) electrons. The molecule has 3 N–H and O–H groups in total. The van der Waals surface area contributed by atoms with E-state index in [0.717, 1.165) is 19.4 Å². The van der Waals surface area contributed by atoms with Crippen LogP contribution in [0, 0.1) is 0 Å². The van der Waals surface area contributed by atoms with E-state index >= 15 is 0 Å². The highest BCUT2D eigenvalue weighted by Gasteiger charge is 2.29. The lowest BCUT2D eigenvalue weighted by Crippen LogP contribution is -2.43. The van der Waals surface area contributed by atoms with Gasteiger partial charge in [0.15, 0.2) is 5.82 Å². The Morgan fingerprint density at radius 1 is 1.47 bits per heavy atom. The first-order valence-electron chi connectivity index (χ1n) is 6.63. The van der Waals surface area contributed by atoms with Gasteiger partial charge in [-0.05, 0) is 33.6 Å². The predicted molar refractivity (Wildman–Crippen MR) is 74.3 cm³/mol. The normalized spacial score (nSPS) is 23.4. The molecule has 0 amide bonds. The lowest BCUT2D eigenvalue weighted by atomic mass is 9.95. The number of nitrogens with zero attached hydrogens (tertiary/aromatic N) is 2. The first-order chi connectivity index (χ1) is 9.00. The number of hydrogen-bond acceptors (Lipinski definition) is 6. The van der Waals surface area contributed by atoms with E-state index in [-0.39, 0.29) is 11.6 Å². The number of aromatic nitrogens is 2. The second kappa shape index (κ2) is 5.61. The Morgan fingerprint density at radius 3 is 2.89 bits per heavy atom. The molecule has 6 heteroatoms. The van der Waals surface area contributed by atoms with E-state index in [1.165, 1.54) is 6.33 Å². The molecule has 2 heterocycles. The lowest BCUT2D eigenvalue weighted by Gasteiger charge is -2.35. The number of nitrogen functional groups attached to an aromatic ring is 1. The first kappa shape index (κ1) is 13.9. The van der Waals surface area contributed by atoms with Crippen molar-refractivity contribution < 1.29 is 9.47 Å². The molecule has 6 nitrogen and oxygen atoms in total. The Labute approximate surface area is 113 Å². The van der Waals surface area contributed by atoms with Crippen LogP contribution in [0.3, 0.4) is 0 Å². The third kappa shape index (κ3) is 3.47. The lowest BCUT2D eigenvalue weighted by molar-refractivity contribution is 0.0539. The van der Waals surface area contributed by atoms with Crippen molar-refractivity contribution in [1.29, 1.82) is 0 Å². The van der Waals surface area contributed by atoms with Crippen LogP contribution in [-0.2, 0) is 4.74 Å². The second-order valence-corrected chi connectivity index (χ2v) is 5.45. The summed E-state index contributed by atoms with van der Waals surface area (Å²) >= 11 is 0. The third-order valence-corrected chi connectivity index (χ3v) is 3.05. The van der Waals surface area contributed by atoms with Crippen LogP contribution in [0.2, 0.25) is 0 Å². The van der Waals surface area contributed by atoms with E-state index in [0.29, 0.717) is 24.0 Å². The Balaban J connectivity index is 2.15. The molecule has 19 heavy (non-hydrogen) atoms. The molecule has 106 valence electrons. The number of ether oxygens (including phenoxy) is 2. The van der Waals surface area contributed by atoms with E-state index in [2.05, 4.69) is 22.2 Å². The Morgan fingerprint density at radius 2 is 2.26 bits per heavy atom. The Hall–Kier alpha value is -1.56. The molecule has 0 aliphatic carbocycles. The highest BCUT2D eigenvalue weighted by atomic mass is 16.5. The highest BCUT2D eigenvalue weighted by molar-refractivity contribution is 5.67. The summed E-state index contributed by atoms with van der Waals surface area (Å²) in [4.78, 5) is 8.27. The largest absolute Gasteiger partial charge is 0.473 e. The topological polar surface area (TPSA) is 82.3 Å². The molecule has 1 fully saturated rings. The summed E-state index contributed by atoms with van der Waals surface area (Å²) < 4.78 is 11.1. The van der Waals surface area contributed by atoms with Crippen LogP contribution >= 0.6 is 0 Å². The zero-order valence-electron chi connectivity index (χ0n) is 11.8. The number of rotatable bonds is 4. The summed E-state index contributed by atoms with van der Waals surface area (Å²) in [5.41, 5.74) is 6.36. The van der Waals surface area contributed by atoms with Crippen LogP contribution in [0.1, 0.15) is 33.6 Å². The standard InChI is InChI=1S/C13H22N4O2/c1-9(2)19-12-10(14)11(15-8-16-12)17-13(3)5-4-6-18-7-13/h8-9H,4-7,14H2,1-3H3,(H,15,16,17). The second-order valence-electron chi connectivity index (χ2n) is 5.45. The Bertz CT molecular complexity index is 431. The third-order valence-electron chi connectivity index (χ3n) is 3.05. The van der Waals surface area contributed by atoms with Crippen molar-refractivity contribution >= 4 is 11.5 Å². The van der Waals surface area contributed by atoms with Gasteiger partial charge in [-0.15, -0.1) is 0 Å². The van der Waals surface area contributed by atoms with Gasteiger partial charge in [-0.25, -0.2) is 4.98 Å². The average molecular weight is 266 g/mol. The fraction of sp³-hybridized carbons (Fsp3) is 0.692. The van der Waals surface area contributed by atoms with Crippen molar-refractivity contribution in [2.24, 2.45) is 0 Å². The van der Waals surface area contributed by atoms with Gasteiger partial charge in [0.2, 0.25) is 5.88 Å². The van der Waals surface area contributed by atoms with Gasteiger partial charge in [-0.3, -0.25) is 0 Å². The van der Waals surface area contributed by atoms with Crippen LogP contribution in [0.25, 0.3) is 0 Å². The molecule has 1 aliphatic rings. The van der Waals surface area contributed by atoms with Gasteiger partial charge in [0.25, 0.3) is 0 Å². The van der Waals surface area contributed by atoms with Gasteiger partial charge in [-0.2, -0.15) is 4.98 Å². The minimum atomic E-state index is -0.143. The molecule has 0 bridgehead atoms. The predicted octanol–water partition coefficient (Wildman–Crippen LogP) is 1.83. The summed E-state index contributed by atoms with van der Waals surface area (Å²) in [6.45, 7) is 7.45. The number of hydrogen-bond donors (Lipinski definition) is 2. The van der Waals surface area contributed by atoms with Crippen LogP contribution < -0.4 is 15.8 Å². The fourth-order valence-corrected chi connectivity index (χ4v) is 2.11. The van der Waals surface area contributed by atoms with Gasteiger partial charge in [-0.1, -0.05) is 0 Å². The van der Waals surface area contributed by atoms with Gasteiger partial charge >= 0.3 is 0 Å². The Kier molecular flexibility index (Phi) is 4.09. The average Bonchev–Trinajstić information content (AvgIpc) is 2.34. The quantitative estimate of drug-likeness (QED) is 0.865. The number of nitrogens with one attached hydrogen (secondary N) is 1. The van der Waals surface area contributed by atoms with Crippen molar-refractivity contribution in [2.45, 2.75) is 45.3 Å². The number of nitrogens with two attached hydrogens (primary N) is 1. The van der Waals surface area contributed by atoms with E-state index in [1.54, 1.807) is 0 Å². The fourth-order valence-electron chi connectivity index (χ4n) is 2.11. The zero-order valence-corrected chi connectivity index (χ0v) is 11.8. The molecule has 1 aromatic heterocycles. The van der Waals surface area contributed by atoms with Crippen LogP contribution in [0.15, 0.2) is 6.33 Å². The van der Waals surface area contributed by atoms with Gasteiger partial charge in [0.05, 0.1) is 18.2 Å². The molecule has 0 aromatic carbocycles. The molecule has 1 saturated heterocycles. The van der Waals surface area contributed by atoms with Gasteiger partial charge in [0.1, 0.15) is 12.0 Å². The summed E-state index contributed by atoms with van der Waals surface area (Å²) in [7, 11) is 0. The minimum absolute atomic E-state index is 0.0265. The molecule has 1 unspecified atom stereocenters. The van der Waals surface area contributed by atoms with Crippen LogP contribution in [-0.4, -0.2) is 34.8 Å². The smallest absolute Gasteiger partial charge is 0.242 e. The SMILES string of the molecule is CC(C)Oc1ncnc(NC2(C)CCCOC2)c1N. The van der Waals surface area contributed by atoms with Crippen molar-refractivity contribution in [3.63, 3.8) is 0 Å². The number of anilines is 2. The first-order valence-corrected chi connectivity index (χ1v) is 6.63. The summed E-state index contributed by atoms with van der Waals surface area (Å²) in [6, 6.07) is 0. The minimum Gasteiger partial charge on any atom is -0.473 e. The summed E-state index contributed by atoms with van der Waals surface area (Å²) in [5, 5.41) is 3.36. The molecule has 1 aromatic rings. The maximum absolute atomic E-state index is 6.05. The van der Waals surface area contributed by atoms with E-state index in [1.807, 2.05) is 13.8 Å². The molecule has 0 saturated carbocycles. The van der Waals surface area contributed by atoms with E-state index in [9.17, 15) is 0 Å². The van der Waals surface area contributed by atoms with Crippen LogP contribution in [0.4, 0.5) is 11.5 Å². The van der Waals surface area contributed by atoms with E-state index in [4.69, 9.17) is 15.2 Å². The van der Waals surface area contributed by atoms with Crippen molar-refractivity contribution in [3.05, 3.63) is 6.33 Å². The molecule has 1 atom stereocenters. The zero-order chi connectivity index (χ0) is 13.9. The van der Waals surface area contributed by atoms with Gasteiger partial charge in [0, 0.05) is 6.61 Å².